The minimum Gasteiger partial charge on any atom is -0.387 e. The van der Waals surface area contributed by atoms with Crippen molar-refractivity contribution in [2.75, 3.05) is 19.6 Å². The van der Waals surface area contributed by atoms with Crippen LogP contribution in [0, 0.1) is 0 Å². The van der Waals surface area contributed by atoms with E-state index in [0.717, 1.165) is 18.7 Å². The first-order chi connectivity index (χ1) is 9.17. The molecule has 1 N–H and O–H groups in total. The number of unbranched alkanes of at least 4 members (excludes halogenated alkanes) is 2. The van der Waals surface area contributed by atoms with Gasteiger partial charge < -0.3 is 10.0 Å². The van der Waals surface area contributed by atoms with Gasteiger partial charge in [-0.3, -0.25) is 0 Å². The van der Waals surface area contributed by atoms with Crippen LogP contribution < -0.4 is 0 Å². The summed E-state index contributed by atoms with van der Waals surface area (Å²) in [5, 5.41) is 11.0. The summed E-state index contributed by atoms with van der Waals surface area (Å²) < 4.78 is 0. The SMILES string of the molecule is CCCCN(CCCC)C[C@H](O)c1ccc(Cl)cc1. The minimum absolute atomic E-state index is 0.425. The largest absolute Gasteiger partial charge is 0.387 e. The maximum absolute atomic E-state index is 10.3. The molecule has 0 aromatic heterocycles. The van der Waals surface area contributed by atoms with Crippen LogP contribution in [-0.2, 0) is 0 Å². The van der Waals surface area contributed by atoms with Gasteiger partial charge in [-0.1, -0.05) is 50.4 Å². The number of rotatable bonds is 9. The van der Waals surface area contributed by atoms with Crippen LogP contribution >= 0.6 is 11.6 Å². The Kier molecular flexibility index (Phi) is 8.11. The molecule has 0 aliphatic rings. The van der Waals surface area contributed by atoms with Crippen LogP contribution in [-0.4, -0.2) is 29.6 Å². The Labute approximate surface area is 122 Å². The third kappa shape index (κ3) is 6.42. The summed E-state index contributed by atoms with van der Waals surface area (Å²) in [6, 6.07) is 7.49. The lowest BCUT2D eigenvalue weighted by molar-refractivity contribution is 0.111. The van der Waals surface area contributed by atoms with Gasteiger partial charge in [0.1, 0.15) is 0 Å². The lowest BCUT2D eigenvalue weighted by atomic mass is 10.1. The molecule has 0 aliphatic carbocycles. The maximum Gasteiger partial charge on any atom is 0.0916 e. The van der Waals surface area contributed by atoms with E-state index in [1.54, 1.807) is 0 Å². The topological polar surface area (TPSA) is 23.5 Å². The molecule has 0 aliphatic heterocycles. The zero-order chi connectivity index (χ0) is 14.1. The van der Waals surface area contributed by atoms with Crippen molar-refractivity contribution >= 4 is 11.6 Å². The molecule has 0 amide bonds. The molecule has 108 valence electrons. The standard InChI is InChI=1S/C16H26ClNO/c1-3-5-11-18(12-6-4-2)13-16(19)14-7-9-15(17)10-8-14/h7-10,16,19H,3-6,11-13H2,1-2H3/t16-/m0/s1. The molecular weight excluding hydrogens is 258 g/mol. The van der Waals surface area contributed by atoms with Gasteiger partial charge in [-0.15, -0.1) is 0 Å². The quantitative estimate of drug-likeness (QED) is 0.731. The van der Waals surface area contributed by atoms with Gasteiger partial charge >= 0.3 is 0 Å². The molecule has 1 aromatic carbocycles. The predicted octanol–water partition coefficient (Wildman–Crippen LogP) is 4.28. The van der Waals surface area contributed by atoms with Gasteiger partial charge in [0.15, 0.2) is 0 Å². The summed E-state index contributed by atoms with van der Waals surface area (Å²) in [6.07, 6.45) is 4.35. The maximum atomic E-state index is 10.3. The van der Waals surface area contributed by atoms with Crippen molar-refractivity contribution in [1.29, 1.82) is 0 Å². The summed E-state index contributed by atoms with van der Waals surface area (Å²) in [6.45, 7) is 7.26. The van der Waals surface area contributed by atoms with Crippen LogP contribution in [0.15, 0.2) is 24.3 Å². The molecular formula is C16H26ClNO. The normalized spacial score (nSPS) is 12.9. The van der Waals surface area contributed by atoms with Crippen molar-refractivity contribution in [3.8, 4) is 0 Å². The number of halogens is 1. The molecule has 0 fully saturated rings. The van der Waals surface area contributed by atoms with Crippen LogP contribution in [0.1, 0.15) is 51.2 Å². The number of benzene rings is 1. The monoisotopic (exact) mass is 283 g/mol. The van der Waals surface area contributed by atoms with Crippen LogP contribution in [0.2, 0.25) is 5.02 Å². The fourth-order valence-electron chi connectivity index (χ4n) is 2.09. The first kappa shape index (κ1) is 16.5. The van der Waals surface area contributed by atoms with E-state index in [-0.39, 0.29) is 0 Å². The van der Waals surface area contributed by atoms with Gasteiger partial charge in [-0.2, -0.15) is 0 Å². The average Bonchev–Trinajstić information content (AvgIpc) is 2.42. The molecule has 0 bridgehead atoms. The van der Waals surface area contributed by atoms with Gasteiger partial charge in [0.2, 0.25) is 0 Å². The van der Waals surface area contributed by atoms with E-state index >= 15 is 0 Å². The summed E-state index contributed by atoms with van der Waals surface area (Å²) in [4.78, 5) is 2.37. The molecule has 3 heteroatoms. The van der Waals surface area contributed by atoms with Crippen molar-refractivity contribution in [1.82, 2.24) is 4.90 Å². The second kappa shape index (κ2) is 9.35. The summed E-state index contributed by atoms with van der Waals surface area (Å²) in [5.41, 5.74) is 0.947. The van der Waals surface area contributed by atoms with Crippen molar-refractivity contribution in [3.63, 3.8) is 0 Å². The molecule has 0 spiro atoms. The highest BCUT2D eigenvalue weighted by atomic mass is 35.5. The summed E-state index contributed by atoms with van der Waals surface area (Å²) >= 11 is 5.87. The molecule has 0 saturated heterocycles. The lowest BCUT2D eigenvalue weighted by Crippen LogP contribution is -2.30. The van der Waals surface area contributed by atoms with Gasteiger partial charge in [0.05, 0.1) is 6.10 Å². The van der Waals surface area contributed by atoms with E-state index < -0.39 is 6.10 Å². The summed E-state index contributed by atoms with van der Waals surface area (Å²) in [5.74, 6) is 0. The smallest absolute Gasteiger partial charge is 0.0916 e. The molecule has 0 radical (unpaired) electrons. The second-order valence-electron chi connectivity index (χ2n) is 5.08. The zero-order valence-corrected chi connectivity index (χ0v) is 12.9. The van der Waals surface area contributed by atoms with Crippen LogP contribution in [0.3, 0.4) is 0 Å². The number of aliphatic hydroxyl groups is 1. The fourth-order valence-corrected chi connectivity index (χ4v) is 2.22. The number of aliphatic hydroxyl groups excluding tert-OH is 1. The van der Waals surface area contributed by atoms with Gasteiger partial charge in [0.25, 0.3) is 0 Å². The Morgan fingerprint density at radius 3 is 2.05 bits per heavy atom. The third-order valence-electron chi connectivity index (χ3n) is 3.34. The van der Waals surface area contributed by atoms with E-state index in [0.29, 0.717) is 11.6 Å². The Morgan fingerprint density at radius 1 is 1.05 bits per heavy atom. The number of hydrogen-bond donors (Lipinski definition) is 1. The third-order valence-corrected chi connectivity index (χ3v) is 3.59. The van der Waals surface area contributed by atoms with Gasteiger partial charge in [-0.25, -0.2) is 0 Å². The van der Waals surface area contributed by atoms with E-state index in [4.69, 9.17) is 11.6 Å². The van der Waals surface area contributed by atoms with Crippen molar-refractivity contribution in [2.24, 2.45) is 0 Å². The minimum atomic E-state index is -0.425. The molecule has 0 unspecified atom stereocenters. The molecule has 0 heterocycles. The highest BCUT2D eigenvalue weighted by molar-refractivity contribution is 6.30. The Hall–Kier alpha value is -0.570. The molecule has 1 aromatic rings. The van der Waals surface area contributed by atoms with Crippen molar-refractivity contribution in [3.05, 3.63) is 34.9 Å². The Morgan fingerprint density at radius 2 is 1.58 bits per heavy atom. The van der Waals surface area contributed by atoms with Crippen LogP contribution in [0.4, 0.5) is 0 Å². The Bertz CT molecular complexity index is 331. The highest BCUT2D eigenvalue weighted by Crippen LogP contribution is 2.18. The highest BCUT2D eigenvalue weighted by Gasteiger charge is 2.12. The van der Waals surface area contributed by atoms with E-state index in [1.165, 1.54) is 25.7 Å². The molecule has 2 nitrogen and oxygen atoms in total. The zero-order valence-electron chi connectivity index (χ0n) is 12.1. The molecule has 1 rings (SSSR count). The van der Waals surface area contributed by atoms with E-state index in [2.05, 4.69) is 18.7 Å². The van der Waals surface area contributed by atoms with Crippen molar-refractivity contribution in [2.45, 2.75) is 45.6 Å². The lowest BCUT2D eigenvalue weighted by Gasteiger charge is -2.25. The van der Waals surface area contributed by atoms with E-state index in [1.807, 2.05) is 24.3 Å². The van der Waals surface area contributed by atoms with E-state index in [9.17, 15) is 5.11 Å². The molecule has 19 heavy (non-hydrogen) atoms. The fraction of sp³-hybridized carbons (Fsp3) is 0.625. The van der Waals surface area contributed by atoms with Crippen molar-refractivity contribution < 1.29 is 5.11 Å². The Balaban J connectivity index is 2.53. The van der Waals surface area contributed by atoms with Crippen LogP contribution in [0.5, 0.6) is 0 Å². The van der Waals surface area contributed by atoms with Crippen LogP contribution in [0.25, 0.3) is 0 Å². The molecule has 0 saturated carbocycles. The van der Waals surface area contributed by atoms with Gasteiger partial charge in [-0.05, 0) is 43.6 Å². The summed E-state index contributed by atoms with van der Waals surface area (Å²) in [7, 11) is 0. The predicted molar refractivity (Wildman–Crippen MR) is 82.7 cm³/mol. The second-order valence-corrected chi connectivity index (χ2v) is 5.51. The first-order valence-corrected chi connectivity index (χ1v) is 7.71. The first-order valence-electron chi connectivity index (χ1n) is 7.33. The number of hydrogen-bond acceptors (Lipinski definition) is 2. The van der Waals surface area contributed by atoms with Gasteiger partial charge in [0, 0.05) is 11.6 Å². The molecule has 1 atom stereocenters. The average molecular weight is 284 g/mol. The number of nitrogens with zero attached hydrogens (tertiary/aromatic N) is 1.